The summed E-state index contributed by atoms with van der Waals surface area (Å²) >= 11 is 0. The van der Waals surface area contributed by atoms with E-state index in [9.17, 15) is 14.7 Å². The van der Waals surface area contributed by atoms with E-state index < -0.39 is 29.5 Å². The normalized spacial score (nSPS) is 35.3. The molecule has 1 aromatic rings. The van der Waals surface area contributed by atoms with Gasteiger partial charge in [-0.05, 0) is 24.6 Å². The molecule has 7 nitrogen and oxygen atoms in total. The third-order valence-corrected chi connectivity index (χ3v) is 5.76. The van der Waals surface area contributed by atoms with E-state index in [2.05, 4.69) is 0 Å². The molecule has 1 N–H and O–H groups in total. The van der Waals surface area contributed by atoms with E-state index >= 15 is 0 Å². The fourth-order valence-corrected chi connectivity index (χ4v) is 4.49. The van der Waals surface area contributed by atoms with Crippen molar-refractivity contribution in [2.45, 2.75) is 24.7 Å². The Morgan fingerprint density at radius 3 is 2.96 bits per heavy atom. The van der Waals surface area contributed by atoms with Crippen molar-refractivity contribution in [2.24, 2.45) is 11.8 Å². The lowest BCUT2D eigenvalue weighted by atomic mass is 9.77. The van der Waals surface area contributed by atoms with Gasteiger partial charge in [0.2, 0.25) is 12.7 Å². The Morgan fingerprint density at radius 1 is 1.36 bits per heavy atom. The van der Waals surface area contributed by atoms with Gasteiger partial charge in [-0.3, -0.25) is 9.59 Å². The maximum atomic E-state index is 13.0. The molecule has 130 valence electrons. The van der Waals surface area contributed by atoms with Gasteiger partial charge in [0.05, 0.1) is 24.6 Å². The van der Waals surface area contributed by atoms with Crippen LogP contribution in [-0.4, -0.2) is 46.9 Å². The van der Waals surface area contributed by atoms with Gasteiger partial charge in [-0.15, -0.1) is 0 Å². The Kier molecular flexibility index (Phi) is 2.81. The minimum absolute atomic E-state index is 0.163. The third-order valence-electron chi connectivity index (χ3n) is 5.76. The first-order chi connectivity index (χ1) is 12.0. The lowest BCUT2D eigenvalue weighted by Gasteiger charge is -2.27. The van der Waals surface area contributed by atoms with Crippen LogP contribution in [0.15, 0.2) is 30.4 Å². The molecule has 5 rings (SSSR count). The molecule has 4 heterocycles. The second-order valence-corrected chi connectivity index (χ2v) is 6.99. The highest BCUT2D eigenvalue weighted by molar-refractivity contribution is 5.91. The second kappa shape index (κ2) is 4.76. The van der Waals surface area contributed by atoms with Crippen molar-refractivity contribution in [1.82, 2.24) is 4.90 Å². The monoisotopic (exact) mass is 343 g/mol. The summed E-state index contributed by atoms with van der Waals surface area (Å²) in [4.78, 5) is 26.4. The number of likely N-dealkylation sites (tertiary alicyclic amines) is 1. The van der Waals surface area contributed by atoms with Crippen LogP contribution in [0.5, 0.6) is 11.5 Å². The van der Waals surface area contributed by atoms with Crippen LogP contribution in [0.3, 0.4) is 0 Å². The van der Waals surface area contributed by atoms with Crippen LogP contribution < -0.4 is 9.47 Å². The number of hydrogen-bond donors (Lipinski definition) is 1. The predicted molar refractivity (Wildman–Crippen MR) is 84.1 cm³/mol. The molecule has 2 saturated heterocycles. The molecule has 4 aliphatic heterocycles. The predicted octanol–water partition coefficient (Wildman–Crippen LogP) is 1.34. The minimum Gasteiger partial charge on any atom is -0.481 e. The maximum Gasteiger partial charge on any atom is 0.310 e. The van der Waals surface area contributed by atoms with Gasteiger partial charge >= 0.3 is 5.97 Å². The molecule has 7 heteroatoms. The number of fused-ring (bicyclic) bond motifs is 2. The Labute approximate surface area is 143 Å². The molecule has 5 unspecified atom stereocenters. The van der Waals surface area contributed by atoms with Gasteiger partial charge in [-0.2, -0.15) is 0 Å². The van der Waals surface area contributed by atoms with Crippen molar-refractivity contribution in [3.05, 3.63) is 35.9 Å². The van der Waals surface area contributed by atoms with Crippen LogP contribution in [0, 0.1) is 11.8 Å². The summed E-state index contributed by atoms with van der Waals surface area (Å²) in [5.74, 6) is -1.26. The average Bonchev–Trinajstić information content (AvgIpc) is 3.33. The van der Waals surface area contributed by atoms with Gasteiger partial charge in [-0.1, -0.05) is 18.2 Å². The molecule has 0 aliphatic carbocycles. The number of carboxylic acids is 1. The van der Waals surface area contributed by atoms with E-state index in [-0.39, 0.29) is 18.7 Å². The Morgan fingerprint density at radius 2 is 2.16 bits per heavy atom. The van der Waals surface area contributed by atoms with Gasteiger partial charge in [-0.25, -0.2) is 0 Å². The molecule has 2 bridgehead atoms. The number of nitrogens with zero attached hydrogens (tertiary/aromatic N) is 1. The first-order valence-electron chi connectivity index (χ1n) is 8.30. The van der Waals surface area contributed by atoms with E-state index in [1.54, 1.807) is 11.0 Å². The molecule has 5 atom stereocenters. The zero-order valence-corrected chi connectivity index (χ0v) is 13.5. The lowest BCUT2D eigenvalue weighted by molar-refractivity contribution is -0.148. The Bertz CT molecular complexity index is 820. The van der Waals surface area contributed by atoms with Crippen molar-refractivity contribution < 1.29 is 28.9 Å². The Hall–Kier alpha value is -2.54. The number of carbonyl (C=O) groups is 2. The number of benzene rings is 1. The lowest BCUT2D eigenvalue weighted by Crippen LogP contribution is -2.39. The summed E-state index contributed by atoms with van der Waals surface area (Å²) < 4.78 is 16.7. The summed E-state index contributed by atoms with van der Waals surface area (Å²) in [6.45, 7) is 2.49. The van der Waals surface area contributed by atoms with Gasteiger partial charge in [0, 0.05) is 0 Å². The molecular formula is C18H17NO6. The number of amides is 1. The van der Waals surface area contributed by atoms with E-state index in [1.807, 2.05) is 31.2 Å². The largest absolute Gasteiger partial charge is 0.481 e. The third kappa shape index (κ3) is 1.84. The van der Waals surface area contributed by atoms with Crippen molar-refractivity contribution in [3.8, 4) is 11.5 Å². The van der Waals surface area contributed by atoms with Gasteiger partial charge in [0.1, 0.15) is 11.5 Å². The summed E-state index contributed by atoms with van der Waals surface area (Å²) in [6.07, 6.45) is 3.14. The SMILES string of the molecule is CC(c1ccc2c(c1)OCO2)N1CC23C=CC(O2)C(C(=O)O)C3C1=O. The van der Waals surface area contributed by atoms with Crippen LogP contribution >= 0.6 is 0 Å². The highest BCUT2D eigenvalue weighted by Crippen LogP contribution is 2.53. The summed E-state index contributed by atoms with van der Waals surface area (Å²) in [5, 5.41) is 9.53. The van der Waals surface area contributed by atoms with Crippen LogP contribution in [0.2, 0.25) is 0 Å². The van der Waals surface area contributed by atoms with Gasteiger partial charge in [0.25, 0.3) is 0 Å². The summed E-state index contributed by atoms with van der Waals surface area (Å²) in [5.41, 5.74) is 0.106. The molecule has 25 heavy (non-hydrogen) atoms. The molecule has 1 amide bonds. The highest BCUT2D eigenvalue weighted by Gasteiger charge is 2.67. The van der Waals surface area contributed by atoms with Crippen molar-refractivity contribution >= 4 is 11.9 Å². The first-order valence-corrected chi connectivity index (χ1v) is 8.30. The van der Waals surface area contributed by atoms with E-state index in [0.717, 1.165) is 5.56 Å². The number of rotatable bonds is 3. The topological polar surface area (TPSA) is 85.3 Å². The quantitative estimate of drug-likeness (QED) is 0.834. The second-order valence-electron chi connectivity index (χ2n) is 6.99. The fourth-order valence-electron chi connectivity index (χ4n) is 4.49. The molecule has 0 saturated carbocycles. The molecule has 1 aromatic carbocycles. The maximum absolute atomic E-state index is 13.0. The average molecular weight is 343 g/mol. The zero-order valence-electron chi connectivity index (χ0n) is 13.5. The number of carboxylic acid groups (broad SMARTS) is 1. The summed E-state index contributed by atoms with van der Waals surface area (Å²) in [7, 11) is 0. The molecule has 2 fully saturated rings. The summed E-state index contributed by atoms with van der Waals surface area (Å²) in [6, 6.07) is 5.39. The molecular weight excluding hydrogens is 326 g/mol. The standard InChI is InChI=1S/C18H17NO6/c1-9(10-2-3-11-13(6-10)24-8-23-11)19-7-18-5-4-12(25-18)14(17(21)22)15(18)16(19)20/h2-6,9,12,14-15H,7-8H2,1H3,(H,21,22). The van der Waals surface area contributed by atoms with Crippen LogP contribution in [0.4, 0.5) is 0 Å². The highest BCUT2D eigenvalue weighted by atomic mass is 16.7. The van der Waals surface area contributed by atoms with Gasteiger partial charge < -0.3 is 24.2 Å². The molecule has 4 aliphatic rings. The number of ether oxygens (including phenoxy) is 3. The molecule has 0 aromatic heterocycles. The fraction of sp³-hybridized carbons (Fsp3) is 0.444. The molecule has 0 radical (unpaired) electrons. The number of aliphatic carboxylic acids is 1. The van der Waals surface area contributed by atoms with E-state index in [4.69, 9.17) is 14.2 Å². The first kappa shape index (κ1) is 14.8. The Balaban J connectivity index is 1.47. The van der Waals surface area contributed by atoms with Crippen molar-refractivity contribution in [2.75, 3.05) is 13.3 Å². The number of carbonyl (C=O) groups excluding carboxylic acids is 1. The van der Waals surface area contributed by atoms with Crippen LogP contribution in [0.25, 0.3) is 0 Å². The van der Waals surface area contributed by atoms with Crippen LogP contribution in [0.1, 0.15) is 18.5 Å². The van der Waals surface area contributed by atoms with E-state index in [0.29, 0.717) is 18.0 Å². The smallest absolute Gasteiger partial charge is 0.310 e. The minimum atomic E-state index is -0.979. The van der Waals surface area contributed by atoms with Crippen LogP contribution in [-0.2, 0) is 14.3 Å². The zero-order chi connectivity index (χ0) is 17.3. The van der Waals surface area contributed by atoms with Crippen molar-refractivity contribution in [3.63, 3.8) is 0 Å². The van der Waals surface area contributed by atoms with Gasteiger partial charge in [0.15, 0.2) is 11.5 Å². The van der Waals surface area contributed by atoms with E-state index in [1.165, 1.54) is 0 Å². The molecule has 1 spiro atoms. The van der Waals surface area contributed by atoms with Crippen molar-refractivity contribution in [1.29, 1.82) is 0 Å². The number of hydrogen-bond acceptors (Lipinski definition) is 5.